The Bertz CT molecular complexity index is 500. The van der Waals surface area contributed by atoms with Gasteiger partial charge in [-0.05, 0) is 24.1 Å². The zero-order valence-corrected chi connectivity index (χ0v) is 12.5. The highest BCUT2D eigenvalue weighted by Crippen LogP contribution is 2.32. The minimum Gasteiger partial charge on any atom is -0.366 e. The van der Waals surface area contributed by atoms with Gasteiger partial charge in [0, 0.05) is 10.9 Å². The van der Waals surface area contributed by atoms with E-state index in [0.29, 0.717) is 6.61 Å². The van der Waals surface area contributed by atoms with Crippen LogP contribution in [-0.4, -0.2) is 6.04 Å². The zero-order valence-electron chi connectivity index (χ0n) is 10.9. The molecule has 2 atom stereocenters. The topological polar surface area (TPSA) is 35.2 Å². The second-order valence-electron chi connectivity index (χ2n) is 4.43. The Hall–Kier alpha value is -0.870. The molecule has 1 aromatic carbocycles. The van der Waals surface area contributed by atoms with Crippen molar-refractivity contribution in [3.8, 4) is 0 Å². The molecule has 2 nitrogen and oxygen atoms in total. The minimum atomic E-state index is -0.0947. The van der Waals surface area contributed by atoms with E-state index < -0.39 is 0 Å². The van der Waals surface area contributed by atoms with E-state index >= 15 is 0 Å². The maximum absolute atomic E-state index is 6.16. The summed E-state index contributed by atoms with van der Waals surface area (Å²) in [7, 11) is 0. The van der Waals surface area contributed by atoms with Crippen molar-refractivity contribution in [2.75, 3.05) is 0 Å². The lowest BCUT2D eigenvalue weighted by Gasteiger charge is -2.22. The van der Waals surface area contributed by atoms with Gasteiger partial charge in [-0.1, -0.05) is 48.9 Å². The summed E-state index contributed by atoms with van der Waals surface area (Å²) in [6.45, 7) is 2.63. The predicted octanol–water partition coefficient (Wildman–Crippen LogP) is 4.40. The summed E-state index contributed by atoms with van der Waals surface area (Å²) in [6.07, 6.45) is 0.775. The van der Waals surface area contributed by atoms with Crippen LogP contribution < -0.4 is 5.73 Å². The molecule has 0 aliphatic rings. The number of ether oxygens (including phenoxy) is 1. The van der Waals surface area contributed by atoms with Crippen molar-refractivity contribution >= 4 is 22.9 Å². The molecule has 0 bridgehead atoms. The molecule has 4 heteroatoms. The molecular weight excluding hydrogens is 278 g/mol. The Labute approximate surface area is 123 Å². The smallest absolute Gasteiger partial charge is 0.107 e. The zero-order chi connectivity index (χ0) is 13.7. The van der Waals surface area contributed by atoms with Crippen molar-refractivity contribution in [3.63, 3.8) is 0 Å². The molecule has 102 valence electrons. The average Bonchev–Trinajstić information content (AvgIpc) is 2.86. The fraction of sp³-hybridized carbons (Fsp3) is 0.333. The van der Waals surface area contributed by atoms with Crippen LogP contribution in [0.2, 0.25) is 4.34 Å². The number of benzene rings is 1. The van der Waals surface area contributed by atoms with Crippen LogP contribution >= 0.6 is 22.9 Å². The van der Waals surface area contributed by atoms with Crippen LogP contribution in [-0.2, 0) is 11.3 Å². The lowest BCUT2D eigenvalue weighted by molar-refractivity contribution is 0.0236. The summed E-state index contributed by atoms with van der Waals surface area (Å²) >= 11 is 7.53. The first kappa shape index (κ1) is 14.5. The van der Waals surface area contributed by atoms with E-state index in [1.54, 1.807) is 0 Å². The highest BCUT2D eigenvalue weighted by molar-refractivity contribution is 7.16. The molecule has 2 unspecified atom stereocenters. The molecule has 1 heterocycles. The normalized spacial score (nSPS) is 14.3. The number of thiophene rings is 1. The molecule has 0 saturated carbocycles. The lowest BCUT2D eigenvalue weighted by Crippen LogP contribution is -2.29. The molecule has 0 aliphatic heterocycles. The molecule has 1 aromatic heterocycles. The van der Waals surface area contributed by atoms with Crippen molar-refractivity contribution in [1.82, 2.24) is 0 Å². The van der Waals surface area contributed by atoms with Gasteiger partial charge in [0.25, 0.3) is 0 Å². The van der Waals surface area contributed by atoms with Gasteiger partial charge >= 0.3 is 0 Å². The maximum atomic E-state index is 6.16. The van der Waals surface area contributed by atoms with Crippen molar-refractivity contribution in [1.29, 1.82) is 0 Å². The first-order chi connectivity index (χ1) is 9.20. The second-order valence-corrected chi connectivity index (χ2v) is 6.18. The number of hydrogen-bond acceptors (Lipinski definition) is 3. The molecule has 0 saturated heterocycles. The standard InChI is InChI=1S/C15H18ClNOS/c1-2-12(17)15(13-8-9-14(16)19-13)18-10-11-6-4-3-5-7-11/h3-9,12,15H,2,10,17H2,1H3. The molecule has 0 spiro atoms. The largest absolute Gasteiger partial charge is 0.366 e. The molecule has 0 fully saturated rings. The summed E-state index contributed by atoms with van der Waals surface area (Å²) in [4.78, 5) is 1.09. The maximum Gasteiger partial charge on any atom is 0.107 e. The van der Waals surface area contributed by atoms with Crippen LogP contribution in [0.15, 0.2) is 42.5 Å². The highest BCUT2D eigenvalue weighted by atomic mass is 35.5. The Morgan fingerprint density at radius 2 is 1.95 bits per heavy atom. The van der Waals surface area contributed by atoms with Crippen LogP contribution in [0.25, 0.3) is 0 Å². The van der Waals surface area contributed by atoms with Gasteiger partial charge in [-0.2, -0.15) is 0 Å². The van der Waals surface area contributed by atoms with E-state index in [0.717, 1.165) is 21.2 Å². The van der Waals surface area contributed by atoms with E-state index in [9.17, 15) is 0 Å². The summed E-state index contributed by atoms with van der Waals surface area (Å²) in [5, 5.41) is 0. The van der Waals surface area contributed by atoms with Crippen molar-refractivity contribution in [2.24, 2.45) is 5.73 Å². The number of nitrogens with two attached hydrogens (primary N) is 1. The van der Waals surface area contributed by atoms with E-state index in [2.05, 4.69) is 19.1 Å². The Balaban J connectivity index is 2.06. The molecule has 2 aromatic rings. The predicted molar refractivity (Wildman–Crippen MR) is 81.6 cm³/mol. The third kappa shape index (κ3) is 4.05. The monoisotopic (exact) mass is 295 g/mol. The van der Waals surface area contributed by atoms with Crippen LogP contribution in [0.3, 0.4) is 0 Å². The highest BCUT2D eigenvalue weighted by Gasteiger charge is 2.21. The van der Waals surface area contributed by atoms with Gasteiger partial charge in [0.15, 0.2) is 0 Å². The first-order valence-electron chi connectivity index (χ1n) is 6.37. The van der Waals surface area contributed by atoms with E-state index in [1.165, 1.54) is 11.3 Å². The van der Waals surface area contributed by atoms with Gasteiger partial charge in [-0.3, -0.25) is 0 Å². The van der Waals surface area contributed by atoms with Crippen LogP contribution in [0.1, 0.15) is 29.9 Å². The minimum absolute atomic E-state index is 0.0153. The first-order valence-corrected chi connectivity index (χ1v) is 7.56. The van der Waals surface area contributed by atoms with Crippen LogP contribution in [0, 0.1) is 0 Å². The summed E-state index contributed by atoms with van der Waals surface area (Å²) in [5.41, 5.74) is 7.31. The Kier molecular flexibility index (Phi) is 5.40. The van der Waals surface area contributed by atoms with Crippen molar-refractivity contribution in [3.05, 3.63) is 57.2 Å². The second kappa shape index (κ2) is 7.06. The van der Waals surface area contributed by atoms with Gasteiger partial charge in [0.2, 0.25) is 0 Å². The fourth-order valence-corrected chi connectivity index (χ4v) is 3.06. The van der Waals surface area contributed by atoms with Crippen LogP contribution in [0.4, 0.5) is 0 Å². The van der Waals surface area contributed by atoms with E-state index in [-0.39, 0.29) is 12.1 Å². The summed E-state index contributed by atoms with van der Waals surface area (Å²) in [6, 6.07) is 14.0. The van der Waals surface area contributed by atoms with Gasteiger partial charge < -0.3 is 10.5 Å². The quantitative estimate of drug-likeness (QED) is 0.857. The van der Waals surface area contributed by atoms with Crippen molar-refractivity contribution in [2.45, 2.75) is 32.1 Å². The molecular formula is C15H18ClNOS. The van der Waals surface area contributed by atoms with Gasteiger partial charge in [-0.25, -0.2) is 0 Å². The molecule has 0 radical (unpaired) electrons. The van der Waals surface area contributed by atoms with Gasteiger partial charge in [0.05, 0.1) is 10.9 Å². The molecule has 2 N–H and O–H groups in total. The lowest BCUT2D eigenvalue weighted by atomic mass is 10.1. The summed E-state index contributed by atoms with van der Waals surface area (Å²) in [5.74, 6) is 0. The fourth-order valence-electron chi connectivity index (χ4n) is 1.87. The van der Waals surface area contributed by atoms with E-state index in [1.807, 2.05) is 30.3 Å². The van der Waals surface area contributed by atoms with Crippen LogP contribution in [0.5, 0.6) is 0 Å². The van der Waals surface area contributed by atoms with Crippen molar-refractivity contribution < 1.29 is 4.74 Å². The molecule has 0 amide bonds. The SMILES string of the molecule is CCC(N)C(OCc1ccccc1)c1ccc(Cl)s1. The Morgan fingerprint density at radius 3 is 2.53 bits per heavy atom. The molecule has 2 rings (SSSR count). The number of halogens is 1. The van der Waals surface area contributed by atoms with Gasteiger partial charge in [-0.15, -0.1) is 11.3 Å². The third-order valence-electron chi connectivity index (χ3n) is 3.01. The number of rotatable bonds is 6. The van der Waals surface area contributed by atoms with Gasteiger partial charge in [0.1, 0.15) is 6.10 Å². The average molecular weight is 296 g/mol. The third-order valence-corrected chi connectivity index (χ3v) is 4.30. The molecule has 19 heavy (non-hydrogen) atoms. The summed E-state index contributed by atoms with van der Waals surface area (Å²) < 4.78 is 6.78. The molecule has 0 aliphatic carbocycles. The number of hydrogen-bond donors (Lipinski definition) is 1. The van der Waals surface area contributed by atoms with E-state index in [4.69, 9.17) is 22.1 Å². The Morgan fingerprint density at radius 1 is 1.21 bits per heavy atom.